The third-order valence-corrected chi connectivity index (χ3v) is 6.59. The quantitative estimate of drug-likeness (QED) is 0.695. The van der Waals surface area contributed by atoms with Crippen LogP contribution in [0, 0.1) is 25.6 Å². The third kappa shape index (κ3) is 3.48. The van der Waals surface area contributed by atoms with Gasteiger partial charge in [0.1, 0.15) is 11.6 Å². The van der Waals surface area contributed by atoms with Crippen molar-refractivity contribution in [3.63, 3.8) is 0 Å². The molecule has 0 bridgehead atoms. The maximum atomic E-state index is 13.5. The highest BCUT2D eigenvalue weighted by atomic mass is 19.1. The average molecular weight is 420 g/mol. The molecule has 1 aromatic heterocycles. The zero-order valence-corrected chi connectivity index (χ0v) is 17.7. The number of fused-ring (bicyclic) bond motifs is 1. The van der Waals surface area contributed by atoms with Crippen molar-refractivity contribution in [3.05, 3.63) is 59.2 Å². The maximum Gasteiger partial charge on any atom is 0.228 e. The number of carbonyl (C=O) groups is 2. The molecule has 0 radical (unpaired) electrons. The fraction of sp³-hybridized carbons (Fsp3) is 0.375. The first-order valence-electron chi connectivity index (χ1n) is 10.7. The molecule has 2 aliphatic heterocycles. The van der Waals surface area contributed by atoms with E-state index in [0.29, 0.717) is 29.9 Å². The number of likely N-dealkylation sites (tertiary alicyclic amines) is 1. The molecule has 2 amide bonds. The molecule has 5 rings (SSSR count). The van der Waals surface area contributed by atoms with Gasteiger partial charge in [-0.05, 0) is 68.1 Å². The lowest BCUT2D eigenvalue weighted by molar-refractivity contribution is -0.136. The van der Waals surface area contributed by atoms with Gasteiger partial charge in [0.2, 0.25) is 11.8 Å². The lowest BCUT2D eigenvalue weighted by Gasteiger charge is -2.26. The van der Waals surface area contributed by atoms with E-state index < -0.39 is 0 Å². The minimum Gasteiger partial charge on any atom is -0.340 e. The summed E-state index contributed by atoms with van der Waals surface area (Å²) in [6.45, 7) is 5.10. The molecule has 2 aliphatic rings. The van der Waals surface area contributed by atoms with Gasteiger partial charge in [0.05, 0.1) is 23.0 Å². The largest absolute Gasteiger partial charge is 0.340 e. The van der Waals surface area contributed by atoms with Gasteiger partial charge in [-0.3, -0.25) is 9.59 Å². The number of carbonyl (C=O) groups excluding carboxylic acids is 2. The van der Waals surface area contributed by atoms with Gasteiger partial charge >= 0.3 is 0 Å². The van der Waals surface area contributed by atoms with Crippen LogP contribution in [0.5, 0.6) is 0 Å². The fourth-order valence-corrected chi connectivity index (χ4v) is 4.72. The summed E-state index contributed by atoms with van der Waals surface area (Å²) in [5.41, 5.74) is 4.47. The van der Waals surface area contributed by atoms with Gasteiger partial charge in [-0.2, -0.15) is 0 Å². The van der Waals surface area contributed by atoms with Crippen LogP contribution in [-0.2, 0) is 9.59 Å². The summed E-state index contributed by atoms with van der Waals surface area (Å²) in [5, 5.41) is 0. The Morgan fingerprint density at radius 3 is 2.81 bits per heavy atom. The number of imidazole rings is 1. The fourth-order valence-electron chi connectivity index (χ4n) is 4.72. The Kier molecular flexibility index (Phi) is 4.76. The molecule has 160 valence electrons. The maximum absolute atomic E-state index is 13.5. The molecule has 2 saturated heterocycles. The van der Waals surface area contributed by atoms with E-state index in [1.165, 1.54) is 17.7 Å². The highest BCUT2D eigenvalue weighted by Crippen LogP contribution is 2.35. The van der Waals surface area contributed by atoms with E-state index in [2.05, 4.69) is 9.97 Å². The Morgan fingerprint density at radius 1 is 1.16 bits per heavy atom. The number of anilines is 1. The van der Waals surface area contributed by atoms with Gasteiger partial charge in [-0.15, -0.1) is 0 Å². The standard InChI is InChI=1S/C24H25FN4O2/c1-14-5-7-18(10-15(14)2)29-13-16(11-22(29)30)24(31)28-9-3-4-21(28)23-26-19-8-6-17(25)12-20(19)27-23/h5-8,10,12,16,21H,3-4,9,11,13H2,1-2H3,(H,26,27). The highest BCUT2D eigenvalue weighted by molar-refractivity contribution is 6.00. The molecule has 3 heterocycles. The van der Waals surface area contributed by atoms with Crippen LogP contribution in [0.15, 0.2) is 36.4 Å². The van der Waals surface area contributed by atoms with Crippen molar-refractivity contribution >= 4 is 28.5 Å². The van der Waals surface area contributed by atoms with Crippen molar-refractivity contribution in [2.45, 2.75) is 39.2 Å². The molecule has 3 aromatic rings. The Hall–Kier alpha value is -3.22. The molecule has 0 aliphatic carbocycles. The molecule has 2 atom stereocenters. The predicted octanol–water partition coefficient (Wildman–Crippen LogP) is 4.04. The summed E-state index contributed by atoms with van der Waals surface area (Å²) in [6, 6.07) is 10.2. The second-order valence-corrected chi connectivity index (χ2v) is 8.65. The Bertz CT molecular complexity index is 1190. The SMILES string of the molecule is Cc1ccc(N2CC(C(=O)N3CCCC3c3nc4ccc(F)cc4[nH]3)CC2=O)cc1C. The topological polar surface area (TPSA) is 69.3 Å². The molecule has 2 unspecified atom stereocenters. The number of aromatic amines is 1. The number of amides is 2. The van der Waals surface area contributed by atoms with E-state index in [-0.39, 0.29) is 36.0 Å². The molecule has 1 N–H and O–H groups in total. The number of rotatable bonds is 3. The predicted molar refractivity (Wildman–Crippen MR) is 116 cm³/mol. The van der Waals surface area contributed by atoms with Crippen LogP contribution in [0.4, 0.5) is 10.1 Å². The number of nitrogens with one attached hydrogen (secondary N) is 1. The monoisotopic (exact) mass is 420 g/mol. The molecule has 0 spiro atoms. The van der Waals surface area contributed by atoms with Gasteiger partial charge in [0.15, 0.2) is 0 Å². The van der Waals surface area contributed by atoms with Crippen molar-refractivity contribution in [2.75, 3.05) is 18.0 Å². The third-order valence-electron chi connectivity index (χ3n) is 6.59. The first-order valence-corrected chi connectivity index (χ1v) is 10.7. The van der Waals surface area contributed by atoms with Gasteiger partial charge in [0.25, 0.3) is 0 Å². The van der Waals surface area contributed by atoms with Crippen LogP contribution in [0.2, 0.25) is 0 Å². The summed E-state index contributed by atoms with van der Waals surface area (Å²) in [7, 11) is 0. The number of hydrogen-bond acceptors (Lipinski definition) is 3. The normalized spacial score (nSPS) is 21.5. The molecule has 2 fully saturated rings. The van der Waals surface area contributed by atoms with Crippen molar-refractivity contribution in [2.24, 2.45) is 5.92 Å². The zero-order chi connectivity index (χ0) is 21.7. The number of halogens is 1. The van der Waals surface area contributed by atoms with Crippen LogP contribution >= 0.6 is 0 Å². The van der Waals surface area contributed by atoms with Crippen LogP contribution < -0.4 is 4.90 Å². The number of hydrogen-bond donors (Lipinski definition) is 1. The number of benzene rings is 2. The van der Waals surface area contributed by atoms with Crippen molar-refractivity contribution in [1.29, 1.82) is 0 Å². The molecule has 6 nitrogen and oxygen atoms in total. The summed E-state index contributed by atoms with van der Waals surface area (Å²) in [6.07, 6.45) is 1.90. The van der Waals surface area contributed by atoms with Gasteiger partial charge in [-0.25, -0.2) is 9.37 Å². The van der Waals surface area contributed by atoms with Gasteiger partial charge < -0.3 is 14.8 Å². The number of aromatic nitrogens is 2. The Labute approximate surface area is 180 Å². The van der Waals surface area contributed by atoms with Crippen LogP contribution in [0.3, 0.4) is 0 Å². The smallest absolute Gasteiger partial charge is 0.228 e. The number of aryl methyl sites for hydroxylation is 2. The number of H-pyrrole nitrogens is 1. The first-order chi connectivity index (χ1) is 14.9. The molecular weight excluding hydrogens is 395 g/mol. The van der Waals surface area contributed by atoms with E-state index in [0.717, 1.165) is 24.1 Å². The summed E-state index contributed by atoms with van der Waals surface area (Å²) in [4.78, 5) is 37.4. The van der Waals surface area contributed by atoms with Crippen molar-refractivity contribution in [1.82, 2.24) is 14.9 Å². The summed E-state index contributed by atoms with van der Waals surface area (Å²) < 4.78 is 13.5. The van der Waals surface area contributed by atoms with Crippen LogP contribution in [0.1, 0.15) is 42.3 Å². The van der Waals surface area contributed by atoms with Gasteiger partial charge in [-0.1, -0.05) is 6.07 Å². The Balaban J connectivity index is 1.36. The second-order valence-electron chi connectivity index (χ2n) is 8.65. The second kappa shape index (κ2) is 7.48. The number of nitrogens with zero attached hydrogens (tertiary/aromatic N) is 3. The van der Waals surface area contributed by atoms with E-state index >= 15 is 0 Å². The molecular formula is C24H25FN4O2. The zero-order valence-electron chi connectivity index (χ0n) is 17.7. The van der Waals surface area contributed by atoms with E-state index in [4.69, 9.17) is 0 Å². The van der Waals surface area contributed by atoms with Crippen molar-refractivity contribution < 1.29 is 14.0 Å². The van der Waals surface area contributed by atoms with Crippen LogP contribution in [0.25, 0.3) is 11.0 Å². The lowest BCUT2D eigenvalue weighted by Crippen LogP contribution is -2.37. The summed E-state index contributed by atoms with van der Waals surface area (Å²) >= 11 is 0. The molecule has 2 aromatic carbocycles. The van der Waals surface area contributed by atoms with E-state index in [9.17, 15) is 14.0 Å². The van der Waals surface area contributed by atoms with Crippen molar-refractivity contribution in [3.8, 4) is 0 Å². The lowest BCUT2D eigenvalue weighted by atomic mass is 10.1. The minimum atomic E-state index is -0.364. The Morgan fingerprint density at radius 2 is 2.00 bits per heavy atom. The minimum absolute atomic E-state index is 0.00572. The van der Waals surface area contributed by atoms with Gasteiger partial charge in [0, 0.05) is 25.2 Å². The molecule has 7 heteroatoms. The van der Waals surface area contributed by atoms with E-state index in [1.807, 2.05) is 36.9 Å². The molecule has 31 heavy (non-hydrogen) atoms. The van der Waals surface area contributed by atoms with E-state index in [1.54, 1.807) is 11.0 Å². The van der Waals surface area contributed by atoms with Crippen LogP contribution in [-0.4, -0.2) is 39.8 Å². The first kappa shape index (κ1) is 19.7. The highest BCUT2D eigenvalue weighted by Gasteiger charge is 2.41. The summed E-state index contributed by atoms with van der Waals surface area (Å²) in [5.74, 6) is -0.0262. The molecule has 0 saturated carbocycles. The average Bonchev–Trinajstić information content (AvgIpc) is 3.46.